The van der Waals surface area contributed by atoms with Crippen LogP contribution in [0.4, 0.5) is 11.8 Å². The van der Waals surface area contributed by atoms with E-state index < -0.39 is 0 Å². The largest absolute Gasteiger partial charge is 0.354 e. The van der Waals surface area contributed by atoms with Crippen molar-refractivity contribution in [2.24, 2.45) is 5.92 Å². The van der Waals surface area contributed by atoms with Crippen LogP contribution in [0.25, 0.3) is 0 Å². The molecule has 1 aliphatic carbocycles. The van der Waals surface area contributed by atoms with Gasteiger partial charge in [0.2, 0.25) is 5.95 Å². The lowest BCUT2D eigenvalue weighted by Crippen LogP contribution is -2.44. The van der Waals surface area contributed by atoms with E-state index in [9.17, 15) is 0 Å². The summed E-state index contributed by atoms with van der Waals surface area (Å²) in [6, 6.07) is 2.02. The summed E-state index contributed by atoms with van der Waals surface area (Å²) >= 11 is 0. The molecule has 1 aromatic heterocycles. The monoisotopic (exact) mass is 275 g/mol. The van der Waals surface area contributed by atoms with Crippen LogP contribution in [0.5, 0.6) is 0 Å². The Hall–Kier alpha value is -1.36. The minimum absolute atomic E-state index is 0.785. The maximum Gasteiger partial charge on any atom is 0.224 e. The Labute approximate surface area is 121 Å². The summed E-state index contributed by atoms with van der Waals surface area (Å²) in [5, 5.41) is 3.42. The lowest BCUT2D eigenvalue weighted by molar-refractivity contribution is 0.312. The van der Waals surface area contributed by atoms with Gasteiger partial charge in [0, 0.05) is 38.9 Å². The zero-order valence-corrected chi connectivity index (χ0v) is 12.4. The van der Waals surface area contributed by atoms with E-state index in [4.69, 9.17) is 0 Å². The van der Waals surface area contributed by atoms with Crippen LogP contribution in [-0.2, 0) is 0 Å². The Balaban J connectivity index is 1.57. The van der Waals surface area contributed by atoms with E-state index >= 15 is 0 Å². The van der Waals surface area contributed by atoms with Gasteiger partial charge in [0.15, 0.2) is 0 Å². The van der Waals surface area contributed by atoms with Crippen LogP contribution in [0.1, 0.15) is 25.7 Å². The van der Waals surface area contributed by atoms with Crippen molar-refractivity contribution in [2.45, 2.75) is 25.7 Å². The summed E-state index contributed by atoms with van der Waals surface area (Å²) in [7, 11) is 2.17. The molecule has 5 nitrogen and oxygen atoms in total. The second-order valence-electron chi connectivity index (χ2n) is 6.06. The molecule has 3 rings (SSSR count). The summed E-state index contributed by atoms with van der Waals surface area (Å²) < 4.78 is 0. The first-order valence-corrected chi connectivity index (χ1v) is 7.82. The van der Waals surface area contributed by atoms with Gasteiger partial charge in [-0.05, 0) is 31.9 Å². The molecule has 1 saturated heterocycles. The Morgan fingerprint density at radius 1 is 1.20 bits per heavy atom. The van der Waals surface area contributed by atoms with Gasteiger partial charge in [0.25, 0.3) is 0 Å². The van der Waals surface area contributed by atoms with Crippen molar-refractivity contribution in [3.63, 3.8) is 0 Å². The molecule has 1 aromatic rings. The van der Waals surface area contributed by atoms with E-state index in [1.807, 2.05) is 12.3 Å². The highest BCUT2D eigenvalue weighted by molar-refractivity contribution is 5.42. The van der Waals surface area contributed by atoms with Crippen LogP contribution < -0.4 is 10.2 Å². The first-order valence-electron chi connectivity index (χ1n) is 7.82. The maximum absolute atomic E-state index is 4.67. The molecule has 0 spiro atoms. The van der Waals surface area contributed by atoms with Crippen molar-refractivity contribution in [3.8, 4) is 0 Å². The van der Waals surface area contributed by atoms with Crippen LogP contribution >= 0.6 is 0 Å². The first-order chi connectivity index (χ1) is 9.81. The second-order valence-corrected chi connectivity index (χ2v) is 6.06. The van der Waals surface area contributed by atoms with E-state index in [-0.39, 0.29) is 0 Å². The second kappa shape index (κ2) is 6.39. The van der Waals surface area contributed by atoms with E-state index in [2.05, 4.69) is 32.1 Å². The van der Waals surface area contributed by atoms with Crippen LogP contribution in [0.3, 0.4) is 0 Å². The maximum atomic E-state index is 4.67. The lowest BCUT2D eigenvalue weighted by Gasteiger charge is -2.33. The number of piperazine rings is 1. The van der Waals surface area contributed by atoms with Crippen molar-refractivity contribution < 1.29 is 0 Å². The topological polar surface area (TPSA) is 44.3 Å². The van der Waals surface area contributed by atoms with Crippen LogP contribution in [-0.4, -0.2) is 54.6 Å². The highest BCUT2D eigenvalue weighted by Gasteiger charge is 2.17. The third-order valence-electron chi connectivity index (χ3n) is 4.49. The molecule has 0 atom stereocenters. The molecular formula is C15H25N5. The molecular weight excluding hydrogens is 250 g/mol. The molecule has 5 heteroatoms. The van der Waals surface area contributed by atoms with Gasteiger partial charge in [-0.1, -0.05) is 12.8 Å². The molecule has 1 N–H and O–H groups in total. The molecule has 0 amide bonds. The van der Waals surface area contributed by atoms with Gasteiger partial charge < -0.3 is 15.1 Å². The number of anilines is 2. The standard InChI is InChI=1S/C15H25N5/c1-19-8-10-20(11-9-19)14-6-7-16-15(18-14)17-12-13-4-2-3-5-13/h6-7,13H,2-5,8-12H2,1H3,(H,16,17,18). The number of aromatic nitrogens is 2. The van der Waals surface area contributed by atoms with E-state index in [0.29, 0.717) is 0 Å². The fourth-order valence-corrected chi connectivity index (χ4v) is 3.10. The zero-order chi connectivity index (χ0) is 13.8. The van der Waals surface area contributed by atoms with E-state index in [1.165, 1.54) is 25.7 Å². The van der Waals surface area contributed by atoms with Crippen molar-refractivity contribution in [1.82, 2.24) is 14.9 Å². The Morgan fingerprint density at radius 2 is 1.95 bits per heavy atom. The summed E-state index contributed by atoms with van der Waals surface area (Å²) in [6.45, 7) is 5.33. The van der Waals surface area contributed by atoms with Crippen molar-refractivity contribution in [1.29, 1.82) is 0 Å². The molecule has 1 aliphatic heterocycles. The van der Waals surface area contributed by atoms with Gasteiger partial charge in [-0.2, -0.15) is 4.98 Å². The van der Waals surface area contributed by atoms with Gasteiger partial charge in [-0.15, -0.1) is 0 Å². The van der Waals surface area contributed by atoms with Crippen LogP contribution in [0.2, 0.25) is 0 Å². The number of hydrogen-bond acceptors (Lipinski definition) is 5. The number of rotatable bonds is 4. The van der Waals surface area contributed by atoms with Gasteiger partial charge in [0.05, 0.1) is 0 Å². The Morgan fingerprint density at radius 3 is 2.70 bits per heavy atom. The molecule has 1 saturated carbocycles. The lowest BCUT2D eigenvalue weighted by atomic mass is 10.1. The van der Waals surface area contributed by atoms with E-state index in [1.54, 1.807) is 0 Å². The summed E-state index contributed by atoms with van der Waals surface area (Å²) in [5.74, 6) is 2.65. The van der Waals surface area contributed by atoms with Crippen LogP contribution in [0, 0.1) is 5.92 Å². The summed E-state index contributed by atoms with van der Waals surface area (Å²) in [6.07, 6.45) is 7.34. The fourth-order valence-electron chi connectivity index (χ4n) is 3.10. The molecule has 2 heterocycles. The van der Waals surface area contributed by atoms with Crippen molar-refractivity contribution in [3.05, 3.63) is 12.3 Å². The summed E-state index contributed by atoms with van der Waals surface area (Å²) in [4.78, 5) is 13.7. The van der Waals surface area contributed by atoms with Gasteiger partial charge in [0.1, 0.15) is 5.82 Å². The Kier molecular flexibility index (Phi) is 4.35. The van der Waals surface area contributed by atoms with Gasteiger partial charge >= 0.3 is 0 Å². The predicted molar refractivity (Wildman–Crippen MR) is 82.2 cm³/mol. The normalized spacial score (nSPS) is 21.4. The number of likely N-dealkylation sites (N-methyl/N-ethyl adjacent to an activating group) is 1. The quantitative estimate of drug-likeness (QED) is 0.908. The molecule has 2 fully saturated rings. The minimum Gasteiger partial charge on any atom is -0.354 e. The third kappa shape index (κ3) is 3.39. The first kappa shape index (κ1) is 13.6. The smallest absolute Gasteiger partial charge is 0.224 e. The van der Waals surface area contributed by atoms with Gasteiger partial charge in [-0.25, -0.2) is 4.98 Å². The van der Waals surface area contributed by atoms with E-state index in [0.717, 1.165) is 50.4 Å². The number of hydrogen-bond donors (Lipinski definition) is 1. The average molecular weight is 275 g/mol. The summed E-state index contributed by atoms with van der Waals surface area (Å²) in [5.41, 5.74) is 0. The molecule has 20 heavy (non-hydrogen) atoms. The SMILES string of the molecule is CN1CCN(c2ccnc(NCC3CCCC3)n2)CC1. The molecule has 110 valence electrons. The Bertz CT molecular complexity index is 422. The predicted octanol–water partition coefficient (Wildman–Crippen LogP) is 1.83. The molecule has 2 aliphatic rings. The molecule has 0 aromatic carbocycles. The van der Waals surface area contributed by atoms with Crippen molar-refractivity contribution in [2.75, 3.05) is 50.0 Å². The fraction of sp³-hybridized carbons (Fsp3) is 0.733. The number of nitrogens with zero attached hydrogens (tertiary/aromatic N) is 4. The molecule has 0 bridgehead atoms. The molecule has 0 radical (unpaired) electrons. The molecule has 0 unspecified atom stereocenters. The van der Waals surface area contributed by atoms with Gasteiger partial charge in [-0.3, -0.25) is 0 Å². The van der Waals surface area contributed by atoms with Crippen LogP contribution in [0.15, 0.2) is 12.3 Å². The average Bonchev–Trinajstić information content (AvgIpc) is 3.00. The minimum atomic E-state index is 0.785. The third-order valence-corrected chi connectivity index (χ3v) is 4.49. The highest BCUT2D eigenvalue weighted by atomic mass is 15.3. The van der Waals surface area contributed by atoms with Crippen molar-refractivity contribution >= 4 is 11.8 Å². The number of nitrogens with one attached hydrogen (secondary N) is 1. The highest BCUT2D eigenvalue weighted by Crippen LogP contribution is 2.24. The zero-order valence-electron chi connectivity index (χ0n) is 12.4.